The molecule has 0 heterocycles. The maximum Gasteiger partial charge on any atom is 0.140 e. The maximum atomic E-state index is 11.4. The van der Waals surface area contributed by atoms with Gasteiger partial charge in [0.1, 0.15) is 12.6 Å². The maximum absolute atomic E-state index is 11.4. The fourth-order valence-electron chi connectivity index (χ4n) is 2.09. The van der Waals surface area contributed by atoms with Crippen LogP contribution in [-0.2, 0) is 9.59 Å². The van der Waals surface area contributed by atoms with Crippen molar-refractivity contribution in [1.29, 1.82) is 0 Å². The average molecular weight is 333 g/mol. The summed E-state index contributed by atoms with van der Waals surface area (Å²) in [5.41, 5.74) is 11.8. The molecule has 0 fully saturated rings. The third-order valence-electron chi connectivity index (χ3n) is 3.26. The molecule has 4 N–H and O–H groups in total. The first-order valence-corrected chi connectivity index (χ1v) is 8.72. The standard InChI is InChI=1S/C15H32N4O2S/c1-13(2)10-15(12-21)19(17-8-5-9-22)18-14(11-20)6-3-4-7-16/h11-15,17-18,22H,3-10,16H2,1-2H3/t14-,15-/m0/s1. The van der Waals surface area contributed by atoms with E-state index in [4.69, 9.17) is 5.73 Å². The van der Waals surface area contributed by atoms with E-state index in [1.807, 2.05) is 0 Å². The first kappa shape index (κ1) is 21.5. The Bertz CT molecular complexity index is 293. The SMILES string of the molecule is CC(C)C[C@@H](C=O)N(NCCCS)N[C@H](C=O)CCCCN. The van der Waals surface area contributed by atoms with Crippen LogP contribution in [0.5, 0.6) is 0 Å². The molecule has 0 unspecified atom stereocenters. The number of hydrogen-bond donors (Lipinski definition) is 4. The molecule has 0 aliphatic rings. The first-order chi connectivity index (χ1) is 10.6. The van der Waals surface area contributed by atoms with Crippen molar-refractivity contribution in [1.82, 2.24) is 16.0 Å². The highest BCUT2D eigenvalue weighted by molar-refractivity contribution is 7.80. The monoisotopic (exact) mass is 332 g/mol. The number of aldehydes is 2. The molecule has 0 aromatic heterocycles. The Hall–Kier alpha value is -0.470. The van der Waals surface area contributed by atoms with E-state index in [0.717, 1.165) is 44.0 Å². The molecule has 22 heavy (non-hydrogen) atoms. The quantitative estimate of drug-likeness (QED) is 0.154. The molecule has 0 aliphatic carbocycles. The lowest BCUT2D eigenvalue weighted by Gasteiger charge is -2.32. The third-order valence-corrected chi connectivity index (χ3v) is 3.57. The van der Waals surface area contributed by atoms with Gasteiger partial charge < -0.3 is 15.3 Å². The summed E-state index contributed by atoms with van der Waals surface area (Å²) >= 11 is 4.18. The highest BCUT2D eigenvalue weighted by Crippen LogP contribution is 2.08. The van der Waals surface area contributed by atoms with Gasteiger partial charge in [-0.15, -0.1) is 0 Å². The van der Waals surface area contributed by atoms with E-state index in [1.165, 1.54) is 0 Å². The molecular formula is C15H32N4O2S. The fourth-order valence-corrected chi connectivity index (χ4v) is 2.25. The zero-order valence-corrected chi connectivity index (χ0v) is 14.7. The zero-order chi connectivity index (χ0) is 16.8. The normalized spacial score (nSPS) is 14.3. The highest BCUT2D eigenvalue weighted by atomic mass is 32.1. The van der Waals surface area contributed by atoms with E-state index < -0.39 is 0 Å². The molecular weight excluding hydrogens is 300 g/mol. The van der Waals surface area contributed by atoms with Crippen molar-refractivity contribution in [3.63, 3.8) is 0 Å². The molecule has 0 bridgehead atoms. The van der Waals surface area contributed by atoms with Gasteiger partial charge in [0.2, 0.25) is 0 Å². The van der Waals surface area contributed by atoms with Crippen LogP contribution in [0, 0.1) is 5.92 Å². The topological polar surface area (TPSA) is 87.5 Å². The van der Waals surface area contributed by atoms with Gasteiger partial charge in [0.15, 0.2) is 0 Å². The van der Waals surface area contributed by atoms with Gasteiger partial charge in [-0.2, -0.15) is 17.7 Å². The Morgan fingerprint density at radius 1 is 1.18 bits per heavy atom. The second kappa shape index (κ2) is 14.1. The second-order valence-corrected chi connectivity index (χ2v) is 6.29. The van der Waals surface area contributed by atoms with E-state index in [0.29, 0.717) is 25.4 Å². The average Bonchev–Trinajstić information content (AvgIpc) is 2.50. The van der Waals surface area contributed by atoms with E-state index in [9.17, 15) is 9.59 Å². The second-order valence-electron chi connectivity index (χ2n) is 5.84. The zero-order valence-electron chi connectivity index (χ0n) is 13.8. The largest absolute Gasteiger partial charge is 0.330 e. The van der Waals surface area contributed by atoms with Gasteiger partial charge in [-0.3, -0.25) is 0 Å². The van der Waals surface area contributed by atoms with Crippen LogP contribution < -0.4 is 16.6 Å². The molecule has 0 amide bonds. The van der Waals surface area contributed by atoms with Crippen LogP contribution in [0.1, 0.15) is 46.0 Å². The summed E-state index contributed by atoms with van der Waals surface area (Å²) in [5, 5.41) is 1.69. The van der Waals surface area contributed by atoms with Crippen molar-refractivity contribution in [3.8, 4) is 0 Å². The summed E-state index contributed by atoms with van der Waals surface area (Å²) in [6, 6.07) is -0.624. The van der Waals surface area contributed by atoms with Gasteiger partial charge in [0, 0.05) is 6.54 Å². The van der Waals surface area contributed by atoms with Gasteiger partial charge in [-0.25, -0.2) is 10.9 Å². The number of rotatable bonds is 15. The Labute approximate surface area is 139 Å². The van der Waals surface area contributed by atoms with Crippen molar-refractivity contribution in [2.24, 2.45) is 11.7 Å². The number of carbonyl (C=O) groups is 2. The van der Waals surface area contributed by atoms with Gasteiger partial charge in [-0.1, -0.05) is 20.3 Å². The van der Waals surface area contributed by atoms with Crippen molar-refractivity contribution in [2.45, 2.75) is 58.0 Å². The Kier molecular flexibility index (Phi) is 13.8. The molecule has 7 heteroatoms. The number of nitrogens with one attached hydrogen (secondary N) is 2. The van der Waals surface area contributed by atoms with E-state index >= 15 is 0 Å². The van der Waals surface area contributed by atoms with Gasteiger partial charge in [0.05, 0.1) is 12.1 Å². The minimum atomic E-state index is -0.315. The van der Waals surface area contributed by atoms with Crippen LogP contribution >= 0.6 is 12.6 Å². The molecule has 0 saturated heterocycles. The van der Waals surface area contributed by atoms with Gasteiger partial charge in [0.25, 0.3) is 0 Å². The van der Waals surface area contributed by atoms with Crippen molar-refractivity contribution < 1.29 is 9.59 Å². The van der Waals surface area contributed by atoms with E-state index in [2.05, 4.69) is 37.3 Å². The lowest BCUT2D eigenvalue weighted by atomic mass is 10.1. The molecule has 0 aromatic carbocycles. The van der Waals surface area contributed by atoms with Gasteiger partial charge >= 0.3 is 0 Å². The number of nitrogens with two attached hydrogens (primary N) is 1. The number of nitrogens with zero attached hydrogens (tertiary/aromatic N) is 1. The number of carbonyl (C=O) groups excluding carboxylic acids is 2. The summed E-state index contributed by atoms with van der Waals surface area (Å²) in [7, 11) is 0. The lowest BCUT2D eigenvalue weighted by molar-refractivity contribution is -0.120. The molecule has 130 valence electrons. The van der Waals surface area contributed by atoms with Crippen molar-refractivity contribution in [3.05, 3.63) is 0 Å². The number of thiol groups is 1. The Morgan fingerprint density at radius 2 is 1.91 bits per heavy atom. The first-order valence-electron chi connectivity index (χ1n) is 8.09. The van der Waals surface area contributed by atoms with Crippen molar-refractivity contribution >= 4 is 25.2 Å². The summed E-state index contributed by atoms with van der Waals surface area (Å²) in [6.45, 7) is 5.47. The molecule has 0 spiro atoms. The fraction of sp³-hybridized carbons (Fsp3) is 0.867. The van der Waals surface area contributed by atoms with Gasteiger partial charge in [-0.05, 0) is 43.9 Å². The number of hydrogen-bond acceptors (Lipinski definition) is 7. The van der Waals surface area contributed by atoms with Crippen LogP contribution in [0.25, 0.3) is 0 Å². The van der Waals surface area contributed by atoms with E-state index in [-0.39, 0.29) is 12.1 Å². The smallest absolute Gasteiger partial charge is 0.140 e. The van der Waals surface area contributed by atoms with Crippen molar-refractivity contribution in [2.75, 3.05) is 18.8 Å². The summed E-state index contributed by atoms with van der Waals surface area (Å²) < 4.78 is 0. The molecule has 0 radical (unpaired) electrons. The molecule has 0 aromatic rings. The lowest BCUT2D eigenvalue weighted by Crippen LogP contribution is -2.58. The molecule has 6 nitrogen and oxygen atoms in total. The van der Waals surface area contributed by atoms with Crippen LogP contribution in [0.2, 0.25) is 0 Å². The summed E-state index contributed by atoms with van der Waals surface area (Å²) in [5.74, 6) is 1.16. The molecule has 2 atom stereocenters. The Balaban J connectivity index is 4.64. The predicted molar refractivity (Wildman–Crippen MR) is 93.5 cm³/mol. The minimum absolute atomic E-state index is 0.308. The summed E-state index contributed by atoms with van der Waals surface area (Å²) in [6.07, 6.45) is 5.89. The highest BCUT2D eigenvalue weighted by Gasteiger charge is 2.21. The van der Waals surface area contributed by atoms with Crippen LogP contribution in [0.15, 0.2) is 0 Å². The van der Waals surface area contributed by atoms with Crippen LogP contribution in [-0.4, -0.2) is 48.6 Å². The Morgan fingerprint density at radius 3 is 2.41 bits per heavy atom. The molecule has 0 aliphatic heterocycles. The summed E-state index contributed by atoms with van der Waals surface area (Å²) in [4.78, 5) is 22.7. The van der Waals surface area contributed by atoms with Crippen LogP contribution in [0.4, 0.5) is 0 Å². The molecule has 0 rings (SSSR count). The number of unbranched alkanes of at least 4 members (excludes halogenated alkanes) is 1. The van der Waals surface area contributed by atoms with E-state index in [1.54, 1.807) is 5.12 Å². The molecule has 0 saturated carbocycles. The predicted octanol–water partition coefficient (Wildman–Crippen LogP) is 0.928. The minimum Gasteiger partial charge on any atom is -0.330 e. The van der Waals surface area contributed by atoms with Crippen LogP contribution in [0.3, 0.4) is 0 Å². The number of hydrazine groups is 2. The third kappa shape index (κ3) is 10.3.